The molecule has 1 spiro atoms. The summed E-state index contributed by atoms with van der Waals surface area (Å²) in [7, 11) is -3.46. The summed E-state index contributed by atoms with van der Waals surface area (Å²) in [6, 6.07) is 7.01. The molecule has 2 fully saturated rings. The van der Waals surface area contributed by atoms with Gasteiger partial charge in [0.05, 0.1) is 5.75 Å². The van der Waals surface area contributed by atoms with E-state index in [0.29, 0.717) is 16.5 Å². The molecule has 0 aliphatic carbocycles. The van der Waals surface area contributed by atoms with Crippen molar-refractivity contribution in [2.75, 3.05) is 26.2 Å². The fourth-order valence-electron chi connectivity index (χ4n) is 4.11. The van der Waals surface area contributed by atoms with E-state index in [-0.39, 0.29) is 24.1 Å². The van der Waals surface area contributed by atoms with Crippen LogP contribution in [0.5, 0.6) is 0 Å². The smallest absolute Gasteiger partial charge is 0.253 e. The number of amides is 1. The Morgan fingerprint density at radius 3 is 2.46 bits per heavy atom. The molecule has 6 nitrogen and oxygen atoms in total. The third kappa shape index (κ3) is 5.92. The Labute approximate surface area is 174 Å². The molecular formula is C20H32ClN3O3S. The standard InChI is InChI=1S/C20H31N3O3S.ClH/c1-19(2,3)22-27(25,26)14-16-5-4-6-17(13-16)18(24)23-11-8-20(9-12-23)7-10-21-15-20;/h4-6,13,21-22H,7-12,14-15H2,1-3H3;1H. The van der Waals surface area contributed by atoms with Gasteiger partial charge in [-0.1, -0.05) is 12.1 Å². The highest BCUT2D eigenvalue weighted by atomic mass is 35.5. The molecule has 2 aliphatic heterocycles. The van der Waals surface area contributed by atoms with E-state index in [2.05, 4.69) is 10.0 Å². The maximum atomic E-state index is 12.9. The van der Waals surface area contributed by atoms with Crippen molar-refractivity contribution in [2.45, 2.75) is 51.3 Å². The normalized spacial score (nSPS) is 19.5. The highest BCUT2D eigenvalue weighted by Gasteiger charge is 2.38. The van der Waals surface area contributed by atoms with Gasteiger partial charge in [-0.3, -0.25) is 4.79 Å². The SMILES string of the molecule is CC(C)(C)NS(=O)(=O)Cc1cccc(C(=O)N2CCC3(CCNC3)CC2)c1.Cl. The average molecular weight is 430 g/mol. The van der Waals surface area contributed by atoms with Crippen LogP contribution in [-0.4, -0.2) is 50.9 Å². The van der Waals surface area contributed by atoms with Crippen molar-refractivity contribution in [3.05, 3.63) is 35.4 Å². The summed E-state index contributed by atoms with van der Waals surface area (Å²) in [5.41, 5.74) is 1.04. The monoisotopic (exact) mass is 429 g/mol. The van der Waals surface area contributed by atoms with E-state index in [0.717, 1.165) is 39.0 Å². The van der Waals surface area contributed by atoms with Crippen molar-refractivity contribution < 1.29 is 13.2 Å². The van der Waals surface area contributed by atoms with E-state index in [4.69, 9.17) is 0 Å². The third-order valence-corrected chi connectivity index (χ3v) is 7.07. The van der Waals surface area contributed by atoms with Crippen molar-refractivity contribution in [2.24, 2.45) is 5.41 Å². The fourth-order valence-corrected chi connectivity index (χ4v) is 5.73. The van der Waals surface area contributed by atoms with E-state index < -0.39 is 15.6 Å². The second-order valence-electron chi connectivity index (χ2n) is 9.03. The van der Waals surface area contributed by atoms with Crippen LogP contribution >= 0.6 is 12.4 Å². The van der Waals surface area contributed by atoms with Crippen LogP contribution in [0.1, 0.15) is 56.0 Å². The average Bonchev–Trinajstić information content (AvgIpc) is 3.00. The van der Waals surface area contributed by atoms with Gasteiger partial charge in [0.2, 0.25) is 10.0 Å². The van der Waals surface area contributed by atoms with Crippen LogP contribution in [0.15, 0.2) is 24.3 Å². The molecule has 2 N–H and O–H groups in total. The summed E-state index contributed by atoms with van der Waals surface area (Å²) >= 11 is 0. The van der Waals surface area contributed by atoms with Gasteiger partial charge < -0.3 is 10.2 Å². The van der Waals surface area contributed by atoms with Gasteiger partial charge in [-0.05, 0) is 69.7 Å². The Kier molecular flexibility index (Phi) is 7.18. The largest absolute Gasteiger partial charge is 0.339 e. The van der Waals surface area contributed by atoms with Gasteiger partial charge in [0, 0.05) is 30.7 Å². The first-order valence-electron chi connectivity index (χ1n) is 9.68. The van der Waals surface area contributed by atoms with Crippen molar-refractivity contribution in [3.63, 3.8) is 0 Å². The van der Waals surface area contributed by atoms with Crippen LogP contribution in [0.3, 0.4) is 0 Å². The minimum Gasteiger partial charge on any atom is -0.339 e. The molecule has 1 aromatic rings. The first-order chi connectivity index (χ1) is 12.6. The first-order valence-corrected chi connectivity index (χ1v) is 11.3. The third-order valence-electron chi connectivity index (χ3n) is 5.44. The van der Waals surface area contributed by atoms with Crippen LogP contribution in [0, 0.1) is 5.41 Å². The molecule has 2 saturated heterocycles. The molecule has 1 amide bonds. The van der Waals surface area contributed by atoms with Gasteiger partial charge in [-0.25, -0.2) is 13.1 Å². The molecule has 0 unspecified atom stereocenters. The van der Waals surface area contributed by atoms with Gasteiger partial charge in [-0.2, -0.15) is 0 Å². The van der Waals surface area contributed by atoms with Crippen molar-refractivity contribution in [1.29, 1.82) is 0 Å². The van der Waals surface area contributed by atoms with Crippen LogP contribution in [0.25, 0.3) is 0 Å². The second kappa shape index (κ2) is 8.69. The van der Waals surface area contributed by atoms with Gasteiger partial charge in [0.1, 0.15) is 0 Å². The van der Waals surface area contributed by atoms with Gasteiger partial charge in [-0.15, -0.1) is 12.4 Å². The number of halogens is 1. The van der Waals surface area contributed by atoms with Crippen LogP contribution in [0.2, 0.25) is 0 Å². The zero-order chi connectivity index (χ0) is 19.7. The fraction of sp³-hybridized carbons (Fsp3) is 0.650. The Morgan fingerprint density at radius 1 is 1.21 bits per heavy atom. The van der Waals surface area contributed by atoms with E-state index in [1.807, 2.05) is 25.7 Å². The molecule has 2 heterocycles. The molecular weight excluding hydrogens is 398 g/mol. The maximum Gasteiger partial charge on any atom is 0.253 e. The van der Waals surface area contributed by atoms with E-state index in [1.165, 1.54) is 6.42 Å². The Morgan fingerprint density at radius 2 is 1.89 bits per heavy atom. The minimum absolute atomic E-state index is 0. The van der Waals surface area contributed by atoms with E-state index >= 15 is 0 Å². The van der Waals surface area contributed by atoms with E-state index in [9.17, 15) is 13.2 Å². The Balaban J connectivity index is 0.00000280. The highest BCUT2D eigenvalue weighted by molar-refractivity contribution is 7.88. The quantitative estimate of drug-likeness (QED) is 0.770. The molecule has 3 rings (SSSR count). The molecule has 158 valence electrons. The summed E-state index contributed by atoms with van der Waals surface area (Å²) in [4.78, 5) is 14.8. The minimum atomic E-state index is -3.46. The lowest BCUT2D eigenvalue weighted by Crippen LogP contribution is -2.44. The number of nitrogens with one attached hydrogen (secondary N) is 2. The molecule has 0 bridgehead atoms. The van der Waals surface area contributed by atoms with Crippen molar-refractivity contribution in [1.82, 2.24) is 14.9 Å². The molecule has 2 aliphatic rings. The number of carbonyl (C=O) groups is 1. The topological polar surface area (TPSA) is 78.5 Å². The number of likely N-dealkylation sites (tertiary alicyclic amines) is 1. The van der Waals surface area contributed by atoms with Crippen molar-refractivity contribution in [3.8, 4) is 0 Å². The number of piperidine rings is 1. The number of hydrogen-bond acceptors (Lipinski definition) is 4. The molecule has 8 heteroatoms. The predicted molar refractivity (Wildman–Crippen MR) is 114 cm³/mol. The number of sulfonamides is 1. The molecule has 0 atom stereocenters. The summed E-state index contributed by atoms with van der Waals surface area (Å²) in [5.74, 6) is -0.126. The first kappa shape index (κ1) is 23.1. The summed E-state index contributed by atoms with van der Waals surface area (Å²) in [5, 5.41) is 3.44. The predicted octanol–water partition coefficient (Wildman–Crippen LogP) is 2.54. The summed E-state index contributed by atoms with van der Waals surface area (Å²) < 4.78 is 27.3. The lowest BCUT2D eigenvalue weighted by atomic mass is 9.78. The van der Waals surface area contributed by atoms with Gasteiger partial charge in [0.25, 0.3) is 5.91 Å². The zero-order valence-corrected chi connectivity index (χ0v) is 18.6. The van der Waals surface area contributed by atoms with Crippen molar-refractivity contribution >= 4 is 28.3 Å². The molecule has 0 aromatic heterocycles. The maximum absolute atomic E-state index is 12.9. The molecule has 0 saturated carbocycles. The highest BCUT2D eigenvalue weighted by Crippen LogP contribution is 2.37. The zero-order valence-electron chi connectivity index (χ0n) is 17.0. The second-order valence-corrected chi connectivity index (χ2v) is 10.8. The van der Waals surface area contributed by atoms with Crippen LogP contribution in [0.4, 0.5) is 0 Å². The number of nitrogens with zero attached hydrogens (tertiary/aromatic N) is 1. The number of benzene rings is 1. The lowest BCUT2D eigenvalue weighted by molar-refractivity contribution is 0.0607. The van der Waals surface area contributed by atoms with Crippen LogP contribution < -0.4 is 10.0 Å². The Bertz CT molecular complexity index is 789. The number of carbonyl (C=O) groups excluding carboxylic acids is 1. The van der Waals surface area contributed by atoms with Crippen LogP contribution in [-0.2, 0) is 15.8 Å². The van der Waals surface area contributed by atoms with Gasteiger partial charge >= 0.3 is 0 Å². The van der Waals surface area contributed by atoms with E-state index in [1.54, 1.807) is 24.3 Å². The molecule has 0 radical (unpaired) electrons. The summed E-state index contributed by atoms with van der Waals surface area (Å²) in [6.07, 6.45) is 3.27. The lowest BCUT2D eigenvalue weighted by Gasteiger charge is -2.39. The number of rotatable bonds is 4. The Hall–Kier alpha value is -1.15. The molecule has 28 heavy (non-hydrogen) atoms. The number of hydrogen-bond donors (Lipinski definition) is 2. The summed E-state index contributed by atoms with van der Waals surface area (Å²) in [6.45, 7) is 9.12. The van der Waals surface area contributed by atoms with Gasteiger partial charge in [0.15, 0.2) is 0 Å². The molecule has 1 aromatic carbocycles.